The second-order valence-corrected chi connectivity index (χ2v) is 5.12. The van der Waals surface area contributed by atoms with Crippen molar-refractivity contribution in [3.63, 3.8) is 0 Å². The van der Waals surface area contributed by atoms with Gasteiger partial charge in [-0.15, -0.1) is 11.3 Å². The predicted molar refractivity (Wildman–Crippen MR) is 75.5 cm³/mol. The monoisotopic (exact) mass is 317 g/mol. The molecule has 0 N–H and O–H groups in total. The molecule has 0 atom stereocenters. The lowest BCUT2D eigenvalue weighted by Crippen LogP contribution is -2.23. The molecule has 4 nitrogen and oxygen atoms in total. The van der Waals surface area contributed by atoms with Gasteiger partial charge < -0.3 is 9.64 Å². The summed E-state index contributed by atoms with van der Waals surface area (Å²) >= 11 is 5.19. The van der Waals surface area contributed by atoms with E-state index in [1.807, 2.05) is 6.92 Å². The largest absolute Gasteiger partial charge is 0.380 e. The summed E-state index contributed by atoms with van der Waals surface area (Å²) in [5, 5.41) is 2.86. The first kappa shape index (κ1) is 12.9. The van der Waals surface area contributed by atoms with Crippen LogP contribution in [0.5, 0.6) is 0 Å². The van der Waals surface area contributed by atoms with Crippen LogP contribution in [0.1, 0.15) is 12.6 Å². The molecule has 0 spiro atoms. The molecule has 94 valence electrons. The van der Waals surface area contributed by atoms with Crippen LogP contribution in [0.3, 0.4) is 0 Å². The lowest BCUT2D eigenvalue weighted by Gasteiger charge is -2.17. The number of halogens is 1. The highest BCUT2D eigenvalue weighted by atomic mass is 79.9. The predicted octanol–water partition coefficient (Wildman–Crippen LogP) is 2.76. The van der Waals surface area contributed by atoms with E-state index in [1.54, 1.807) is 11.3 Å². The second-order valence-electron chi connectivity index (χ2n) is 3.69. The molecule has 0 radical (unpaired) electrons. The smallest absolute Gasteiger partial charge is 0.195 e. The number of alkyl halides is 1. The zero-order valence-corrected chi connectivity index (χ0v) is 12.4. The Morgan fingerprint density at radius 3 is 3.12 bits per heavy atom. The molecular formula is C11H16BrN3OS. The van der Waals surface area contributed by atoms with Gasteiger partial charge >= 0.3 is 0 Å². The zero-order chi connectivity index (χ0) is 12.3. The van der Waals surface area contributed by atoms with E-state index in [4.69, 9.17) is 4.74 Å². The normalized spacial score (nSPS) is 11.2. The number of imidazole rings is 1. The van der Waals surface area contributed by atoms with E-state index in [9.17, 15) is 0 Å². The van der Waals surface area contributed by atoms with E-state index in [-0.39, 0.29) is 0 Å². The molecule has 2 aromatic heterocycles. The van der Waals surface area contributed by atoms with E-state index in [1.165, 1.54) is 5.69 Å². The highest BCUT2D eigenvalue weighted by molar-refractivity contribution is 9.08. The number of likely N-dealkylation sites (N-methyl/N-ethyl adjacent to an activating group) is 1. The fourth-order valence-corrected chi connectivity index (χ4v) is 2.95. The van der Waals surface area contributed by atoms with Crippen molar-refractivity contribution >= 4 is 38.0 Å². The summed E-state index contributed by atoms with van der Waals surface area (Å²) in [6, 6.07) is 0. The highest BCUT2D eigenvalue weighted by Crippen LogP contribution is 2.25. The standard InChI is InChI=1S/C11H16BrN3OS/c1-3-16-6-4-14(2)10-9(8-12)15-5-7-17-11(15)13-10/h5,7H,3-4,6,8H2,1-2H3. The maximum absolute atomic E-state index is 5.37. The van der Waals surface area contributed by atoms with Gasteiger partial charge in [-0.1, -0.05) is 15.9 Å². The van der Waals surface area contributed by atoms with Crippen LogP contribution in [0.25, 0.3) is 4.96 Å². The van der Waals surface area contributed by atoms with Crippen molar-refractivity contribution < 1.29 is 4.74 Å². The zero-order valence-electron chi connectivity index (χ0n) is 10.0. The third kappa shape index (κ3) is 2.64. The van der Waals surface area contributed by atoms with Crippen molar-refractivity contribution in [3.05, 3.63) is 17.3 Å². The van der Waals surface area contributed by atoms with Crippen LogP contribution in [0, 0.1) is 0 Å². The Morgan fingerprint density at radius 1 is 1.59 bits per heavy atom. The van der Waals surface area contributed by atoms with Crippen molar-refractivity contribution in [1.29, 1.82) is 0 Å². The van der Waals surface area contributed by atoms with Crippen LogP contribution in [0.15, 0.2) is 11.6 Å². The molecule has 0 fully saturated rings. The molecule has 6 heteroatoms. The Morgan fingerprint density at radius 2 is 2.41 bits per heavy atom. The summed E-state index contributed by atoms with van der Waals surface area (Å²) in [5.74, 6) is 1.04. The lowest BCUT2D eigenvalue weighted by molar-refractivity contribution is 0.154. The number of fused-ring (bicyclic) bond motifs is 1. The van der Waals surface area contributed by atoms with Gasteiger partial charge in [-0.05, 0) is 6.92 Å². The van der Waals surface area contributed by atoms with Gasteiger partial charge in [0.05, 0.1) is 12.3 Å². The first-order chi connectivity index (χ1) is 8.27. The first-order valence-corrected chi connectivity index (χ1v) is 7.57. The number of aromatic nitrogens is 2. The number of rotatable bonds is 6. The minimum absolute atomic E-state index is 0.736. The molecule has 0 unspecified atom stereocenters. The third-order valence-corrected chi connectivity index (χ3v) is 3.89. The molecule has 0 aliphatic heterocycles. The van der Waals surface area contributed by atoms with Crippen molar-refractivity contribution in [2.45, 2.75) is 12.3 Å². The molecule has 0 aromatic carbocycles. The van der Waals surface area contributed by atoms with Gasteiger partial charge in [0.25, 0.3) is 0 Å². The van der Waals surface area contributed by atoms with Crippen LogP contribution in [0.2, 0.25) is 0 Å². The summed E-state index contributed by atoms with van der Waals surface area (Å²) in [4.78, 5) is 7.83. The van der Waals surface area contributed by atoms with Gasteiger partial charge in [-0.25, -0.2) is 4.98 Å². The van der Waals surface area contributed by atoms with Gasteiger partial charge in [0.15, 0.2) is 10.8 Å². The molecule has 2 rings (SSSR count). The summed E-state index contributed by atoms with van der Waals surface area (Å²) < 4.78 is 7.50. The van der Waals surface area contributed by atoms with Crippen LogP contribution in [0.4, 0.5) is 5.82 Å². The Bertz CT molecular complexity index is 482. The maximum atomic E-state index is 5.37. The van der Waals surface area contributed by atoms with Gasteiger partial charge in [-0.2, -0.15) is 0 Å². The molecule has 0 saturated heterocycles. The summed E-state index contributed by atoms with van der Waals surface area (Å²) in [6.07, 6.45) is 2.06. The first-order valence-electron chi connectivity index (χ1n) is 5.57. The van der Waals surface area contributed by atoms with Crippen LogP contribution < -0.4 is 4.90 Å². The number of anilines is 1. The average molecular weight is 318 g/mol. The molecule has 0 saturated carbocycles. The number of thiazole rings is 1. The Labute approximate surface area is 113 Å². The molecule has 0 aliphatic carbocycles. The molecular weight excluding hydrogens is 302 g/mol. The van der Waals surface area contributed by atoms with Gasteiger partial charge in [-0.3, -0.25) is 4.40 Å². The van der Waals surface area contributed by atoms with Crippen molar-refractivity contribution in [2.24, 2.45) is 0 Å². The van der Waals surface area contributed by atoms with E-state index in [0.717, 1.165) is 35.9 Å². The maximum Gasteiger partial charge on any atom is 0.195 e. The van der Waals surface area contributed by atoms with Gasteiger partial charge in [0, 0.05) is 37.1 Å². The lowest BCUT2D eigenvalue weighted by atomic mass is 10.4. The molecule has 2 aromatic rings. The Kier molecular flexibility index (Phi) is 4.42. The molecule has 0 aliphatic rings. The van der Waals surface area contributed by atoms with E-state index < -0.39 is 0 Å². The molecule has 17 heavy (non-hydrogen) atoms. The summed E-state index contributed by atoms with van der Waals surface area (Å²) in [7, 11) is 2.05. The number of ether oxygens (including phenoxy) is 1. The number of hydrogen-bond acceptors (Lipinski definition) is 4. The third-order valence-electron chi connectivity index (χ3n) is 2.60. The van der Waals surface area contributed by atoms with Crippen LogP contribution >= 0.6 is 27.3 Å². The van der Waals surface area contributed by atoms with Crippen molar-refractivity contribution in [3.8, 4) is 0 Å². The summed E-state index contributed by atoms with van der Waals surface area (Å²) in [6.45, 7) is 4.37. The number of hydrogen-bond donors (Lipinski definition) is 0. The fraction of sp³-hybridized carbons (Fsp3) is 0.545. The van der Waals surface area contributed by atoms with E-state index in [0.29, 0.717) is 0 Å². The number of nitrogens with zero attached hydrogens (tertiary/aromatic N) is 3. The minimum Gasteiger partial charge on any atom is -0.380 e. The van der Waals surface area contributed by atoms with Gasteiger partial charge in [0.2, 0.25) is 0 Å². The average Bonchev–Trinajstić information content (AvgIpc) is 2.88. The van der Waals surface area contributed by atoms with Crippen molar-refractivity contribution in [2.75, 3.05) is 31.7 Å². The summed E-state index contributed by atoms with van der Waals surface area (Å²) in [5.41, 5.74) is 1.19. The van der Waals surface area contributed by atoms with E-state index >= 15 is 0 Å². The minimum atomic E-state index is 0.736. The topological polar surface area (TPSA) is 29.8 Å². The fourth-order valence-electron chi connectivity index (χ4n) is 1.70. The highest BCUT2D eigenvalue weighted by Gasteiger charge is 2.15. The van der Waals surface area contributed by atoms with Gasteiger partial charge in [0.1, 0.15) is 0 Å². The quantitative estimate of drug-likeness (QED) is 0.606. The van der Waals surface area contributed by atoms with Crippen LogP contribution in [-0.4, -0.2) is 36.2 Å². The Balaban J connectivity index is 2.18. The molecule has 0 amide bonds. The van der Waals surface area contributed by atoms with Crippen LogP contribution in [-0.2, 0) is 10.1 Å². The second kappa shape index (κ2) is 5.84. The van der Waals surface area contributed by atoms with Crippen molar-refractivity contribution in [1.82, 2.24) is 9.38 Å². The molecule has 0 bridgehead atoms. The Hall–Kier alpha value is -0.590. The SMILES string of the molecule is CCOCCN(C)c1nc2sccn2c1CBr. The van der Waals surface area contributed by atoms with E-state index in [2.05, 4.69) is 48.8 Å². The molecule has 2 heterocycles.